The lowest BCUT2D eigenvalue weighted by atomic mass is 10.3. The van der Waals surface area contributed by atoms with Crippen LogP contribution < -0.4 is 0 Å². The molecule has 3 heteroatoms. The van der Waals surface area contributed by atoms with Crippen molar-refractivity contribution in [3.05, 3.63) is 24.3 Å². The second kappa shape index (κ2) is 3.42. The zero-order valence-corrected chi connectivity index (χ0v) is 8.64. The van der Waals surface area contributed by atoms with E-state index < -0.39 is 0 Å². The Balaban J connectivity index is 2.60. The van der Waals surface area contributed by atoms with Gasteiger partial charge in [0.1, 0.15) is 0 Å². The number of thioether (sulfide) groups is 1. The number of rotatable bonds is 2. The van der Waals surface area contributed by atoms with Crippen LogP contribution in [0.5, 0.6) is 0 Å². The largest absolute Gasteiger partial charge is 0.322 e. The second-order valence-electron chi connectivity index (χ2n) is 2.88. The molecule has 2 rings (SSSR count). The molecule has 1 aromatic carbocycles. The second-order valence-corrected chi connectivity index (χ2v) is 4.11. The average molecular weight is 192 g/mol. The van der Waals surface area contributed by atoms with E-state index in [1.165, 1.54) is 5.52 Å². The van der Waals surface area contributed by atoms with Crippen LogP contribution >= 0.6 is 11.8 Å². The minimum atomic E-state index is 1.07. The molecule has 1 aromatic heterocycles. The summed E-state index contributed by atoms with van der Waals surface area (Å²) in [7, 11) is 2.06. The number of hydrogen-bond donors (Lipinski definition) is 0. The Morgan fingerprint density at radius 3 is 2.85 bits per heavy atom. The highest BCUT2D eigenvalue weighted by Gasteiger charge is 2.05. The molecule has 2 nitrogen and oxygen atoms in total. The summed E-state index contributed by atoms with van der Waals surface area (Å²) < 4.78 is 2.14. The van der Waals surface area contributed by atoms with Gasteiger partial charge in [-0.05, 0) is 17.9 Å². The molecule has 0 amide bonds. The van der Waals surface area contributed by atoms with E-state index >= 15 is 0 Å². The van der Waals surface area contributed by atoms with Gasteiger partial charge < -0.3 is 4.57 Å². The van der Waals surface area contributed by atoms with Crippen LogP contribution in [0.25, 0.3) is 11.0 Å². The van der Waals surface area contributed by atoms with E-state index in [4.69, 9.17) is 0 Å². The zero-order chi connectivity index (χ0) is 9.26. The first kappa shape index (κ1) is 8.63. The molecule has 0 aliphatic heterocycles. The lowest BCUT2D eigenvalue weighted by molar-refractivity contribution is 0.815. The predicted octanol–water partition coefficient (Wildman–Crippen LogP) is 2.69. The van der Waals surface area contributed by atoms with Gasteiger partial charge in [-0.3, -0.25) is 0 Å². The van der Waals surface area contributed by atoms with Gasteiger partial charge in [-0.1, -0.05) is 30.8 Å². The van der Waals surface area contributed by atoms with E-state index in [1.54, 1.807) is 11.8 Å². The fourth-order valence-electron chi connectivity index (χ4n) is 1.38. The molecular formula is C10H12N2S. The lowest BCUT2D eigenvalue weighted by Crippen LogP contribution is -1.89. The van der Waals surface area contributed by atoms with Gasteiger partial charge in [0.25, 0.3) is 0 Å². The molecule has 0 radical (unpaired) electrons. The molecule has 0 saturated heterocycles. The standard InChI is InChI=1S/C10H12N2S/c1-3-13-10-11-8-6-4-5-7-9(8)12(10)2/h4-7H,3H2,1-2H3. The topological polar surface area (TPSA) is 17.8 Å². The summed E-state index contributed by atoms with van der Waals surface area (Å²) >= 11 is 1.78. The van der Waals surface area contributed by atoms with Gasteiger partial charge in [0.05, 0.1) is 11.0 Å². The highest BCUT2D eigenvalue weighted by molar-refractivity contribution is 7.99. The Kier molecular flexibility index (Phi) is 2.27. The van der Waals surface area contributed by atoms with Crippen LogP contribution in [0.1, 0.15) is 6.92 Å². The fraction of sp³-hybridized carbons (Fsp3) is 0.300. The van der Waals surface area contributed by atoms with Crippen LogP contribution in [0.2, 0.25) is 0 Å². The van der Waals surface area contributed by atoms with Crippen molar-refractivity contribution in [2.45, 2.75) is 12.1 Å². The van der Waals surface area contributed by atoms with Gasteiger partial charge in [-0.15, -0.1) is 0 Å². The molecule has 0 unspecified atom stereocenters. The molecule has 0 aliphatic carbocycles. The quantitative estimate of drug-likeness (QED) is 0.681. The first-order chi connectivity index (χ1) is 6.33. The lowest BCUT2D eigenvalue weighted by Gasteiger charge is -1.98. The molecule has 0 atom stereocenters. The maximum Gasteiger partial charge on any atom is 0.168 e. The summed E-state index contributed by atoms with van der Waals surface area (Å²) in [4.78, 5) is 4.53. The van der Waals surface area contributed by atoms with Crippen LogP contribution in [0, 0.1) is 0 Å². The van der Waals surface area contributed by atoms with Crippen molar-refractivity contribution in [3.63, 3.8) is 0 Å². The summed E-state index contributed by atoms with van der Waals surface area (Å²) in [5.74, 6) is 1.07. The molecular weight excluding hydrogens is 180 g/mol. The maximum atomic E-state index is 4.53. The van der Waals surface area contributed by atoms with Crippen LogP contribution in [0.15, 0.2) is 29.4 Å². The van der Waals surface area contributed by atoms with Crippen LogP contribution in [0.3, 0.4) is 0 Å². The molecule has 1 heterocycles. The summed E-state index contributed by atoms with van der Waals surface area (Å²) in [6.45, 7) is 2.14. The van der Waals surface area contributed by atoms with E-state index in [-0.39, 0.29) is 0 Å². The minimum Gasteiger partial charge on any atom is -0.322 e. The van der Waals surface area contributed by atoms with Gasteiger partial charge in [0, 0.05) is 7.05 Å². The Morgan fingerprint density at radius 1 is 1.38 bits per heavy atom. The number of hydrogen-bond acceptors (Lipinski definition) is 2. The summed E-state index contributed by atoms with van der Waals surface area (Å²) in [6, 6.07) is 8.22. The third-order valence-corrected chi connectivity index (χ3v) is 2.93. The number of fused-ring (bicyclic) bond motifs is 1. The highest BCUT2D eigenvalue weighted by atomic mass is 32.2. The van der Waals surface area contributed by atoms with Crippen molar-refractivity contribution in [2.75, 3.05) is 5.75 Å². The number of aryl methyl sites for hydroxylation is 1. The molecule has 0 saturated carbocycles. The van der Waals surface area contributed by atoms with Crippen molar-refractivity contribution in [2.24, 2.45) is 7.05 Å². The van der Waals surface area contributed by atoms with E-state index in [0.29, 0.717) is 0 Å². The number of aromatic nitrogens is 2. The zero-order valence-electron chi connectivity index (χ0n) is 7.82. The first-order valence-corrected chi connectivity index (χ1v) is 5.35. The van der Waals surface area contributed by atoms with Gasteiger partial charge in [-0.2, -0.15) is 0 Å². The SMILES string of the molecule is CCSc1nc2ccccc2n1C. The van der Waals surface area contributed by atoms with E-state index in [0.717, 1.165) is 16.4 Å². The van der Waals surface area contributed by atoms with Crippen molar-refractivity contribution < 1.29 is 0 Å². The smallest absolute Gasteiger partial charge is 0.168 e. The third kappa shape index (κ3) is 1.44. The van der Waals surface area contributed by atoms with E-state index in [9.17, 15) is 0 Å². The summed E-state index contributed by atoms with van der Waals surface area (Å²) in [5, 5.41) is 1.10. The molecule has 13 heavy (non-hydrogen) atoms. The monoisotopic (exact) mass is 192 g/mol. The normalized spacial score (nSPS) is 10.9. The number of para-hydroxylation sites is 2. The number of imidazole rings is 1. The summed E-state index contributed by atoms with van der Waals surface area (Å²) in [5.41, 5.74) is 2.29. The fourth-order valence-corrected chi connectivity index (χ4v) is 2.09. The van der Waals surface area contributed by atoms with Gasteiger partial charge >= 0.3 is 0 Å². The average Bonchev–Trinajstić information content (AvgIpc) is 2.46. The minimum absolute atomic E-state index is 1.07. The van der Waals surface area contributed by atoms with Gasteiger partial charge in [0.15, 0.2) is 5.16 Å². The Hall–Kier alpha value is -0.960. The molecule has 0 spiro atoms. The molecule has 0 aliphatic rings. The van der Waals surface area contributed by atoms with Gasteiger partial charge in [0.2, 0.25) is 0 Å². The molecule has 2 aromatic rings. The molecule has 0 fully saturated rings. The third-order valence-electron chi connectivity index (χ3n) is 2.02. The van der Waals surface area contributed by atoms with E-state index in [1.807, 2.05) is 12.1 Å². The van der Waals surface area contributed by atoms with Crippen LogP contribution in [-0.2, 0) is 7.05 Å². The van der Waals surface area contributed by atoms with E-state index in [2.05, 4.69) is 35.7 Å². The predicted molar refractivity (Wildman–Crippen MR) is 57.1 cm³/mol. The molecule has 68 valence electrons. The Morgan fingerprint density at radius 2 is 2.15 bits per heavy atom. The maximum absolute atomic E-state index is 4.53. The molecule has 0 N–H and O–H groups in total. The van der Waals surface area contributed by atoms with Crippen molar-refractivity contribution in [1.29, 1.82) is 0 Å². The Labute approximate surface area is 82.0 Å². The number of benzene rings is 1. The van der Waals surface area contributed by atoms with Crippen molar-refractivity contribution in [1.82, 2.24) is 9.55 Å². The van der Waals surface area contributed by atoms with Crippen LogP contribution in [0.4, 0.5) is 0 Å². The Bertz CT molecular complexity index is 420. The van der Waals surface area contributed by atoms with Gasteiger partial charge in [-0.25, -0.2) is 4.98 Å². The highest BCUT2D eigenvalue weighted by Crippen LogP contribution is 2.21. The van der Waals surface area contributed by atoms with Crippen molar-refractivity contribution >= 4 is 22.8 Å². The first-order valence-electron chi connectivity index (χ1n) is 4.37. The summed E-state index contributed by atoms with van der Waals surface area (Å²) in [6.07, 6.45) is 0. The van der Waals surface area contributed by atoms with Crippen molar-refractivity contribution in [3.8, 4) is 0 Å². The molecule has 0 bridgehead atoms. The number of nitrogens with zero attached hydrogens (tertiary/aromatic N) is 2. The van der Waals surface area contributed by atoms with Crippen LogP contribution in [-0.4, -0.2) is 15.3 Å².